The Balaban J connectivity index is 1.36. The molecule has 1 aromatic heterocycles. The summed E-state index contributed by atoms with van der Waals surface area (Å²) in [6.45, 7) is 3.86. The Labute approximate surface area is 204 Å². The zero-order valence-corrected chi connectivity index (χ0v) is 19.7. The number of carbonyl (C=O) groups excluding carboxylic acids is 2. The van der Waals surface area contributed by atoms with Crippen molar-refractivity contribution in [3.05, 3.63) is 96.4 Å². The van der Waals surface area contributed by atoms with Gasteiger partial charge in [0.15, 0.2) is 11.7 Å². The van der Waals surface area contributed by atoms with E-state index >= 15 is 0 Å². The second kappa shape index (κ2) is 11.2. The number of benzene rings is 3. The van der Waals surface area contributed by atoms with Crippen LogP contribution in [0.2, 0.25) is 0 Å². The van der Waals surface area contributed by atoms with Crippen molar-refractivity contribution in [2.24, 2.45) is 0 Å². The fourth-order valence-corrected chi connectivity index (χ4v) is 3.49. The van der Waals surface area contributed by atoms with Crippen molar-refractivity contribution in [2.45, 2.75) is 32.8 Å². The smallest absolute Gasteiger partial charge is 0.269 e. The summed E-state index contributed by atoms with van der Waals surface area (Å²) in [6, 6.07) is 26.2. The van der Waals surface area contributed by atoms with Gasteiger partial charge in [-0.15, -0.1) is 0 Å². The van der Waals surface area contributed by atoms with Gasteiger partial charge in [0.1, 0.15) is 11.4 Å². The van der Waals surface area contributed by atoms with E-state index in [0.29, 0.717) is 23.0 Å². The number of hydrogen-bond acceptors (Lipinski definition) is 5. The molecule has 0 spiro atoms. The van der Waals surface area contributed by atoms with Crippen LogP contribution in [-0.4, -0.2) is 22.9 Å². The maximum Gasteiger partial charge on any atom is 0.269 e. The fourth-order valence-electron chi connectivity index (χ4n) is 3.49. The van der Waals surface area contributed by atoms with Crippen LogP contribution in [0.5, 0.6) is 5.75 Å². The lowest BCUT2D eigenvalue weighted by Crippen LogP contribution is -2.41. The van der Waals surface area contributed by atoms with Gasteiger partial charge in [0.05, 0.1) is 6.10 Å². The lowest BCUT2D eigenvalue weighted by atomic mass is 10.1. The van der Waals surface area contributed by atoms with Crippen LogP contribution in [0, 0.1) is 0 Å². The van der Waals surface area contributed by atoms with Gasteiger partial charge in [-0.2, -0.15) is 0 Å². The molecular formula is C28H27N3O4. The molecule has 35 heavy (non-hydrogen) atoms. The third-order valence-corrected chi connectivity index (χ3v) is 5.12. The number of hydrazine groups is 1. The van der Waals surface area contributed by atoms with Gasteiger partial charge in [0.25, 0.3) is 5.91 Å². The normalized spacial score (nSPS) is 10.7. The number of ether oxygens (including phenoxy) is 1. The van der Waals surface area contributed by atoms with Gasteiger partial charge in [0.2, 0.25) is 5.91 Å². The van der Waals surface area contributed by atoms with E-state index in [4.69, 9.17) is 9.15 Å². The number of aromatic nitrogens is 1. The van der Waals surface area contributed by atoms with Crippen LogP contribution >= 0.6 is 0 Å². The van der Waals surface area contributed by atoms with Gasteiger partial charge >= 0.3 is 0 Å². The summed E-state index contributed by atoms with van der Waals surface area (Å²) in [7, 11) is 0. The number of nitrogens with zero attached hydrogens (tertiary/aromatic N) is 1. The molecule has 2 amide bonds. The van der Waals surface area contributed by atoms with Crippen LogP contribution in [0.4, 0.5) is 0 Å². The van der Waals surface area contributed by atoms with Gasteiger partial charge in [-0.05, 0) is 38.1 Å². The number of nitrogens with one attached hydrogen (secondary N) is 2. The predicted octanol–water partition coefficient (Wildman–Crippen LogP) is 5.19. The zero-order chi connectivity index (χ0) is 24.6. The van der Waals surface area contributed by atoms with Crippen LogP contribution < -0.4 is 15.6 Å². The van der Waals surface area contributed by atoms with Crippen LogP contribution in [0.15, 0.2) is 89.3 Å². The standard InChI is InChI=1S/C28H27N3O4/c1-19(2)34-23-15-13-22(14-16-23)28(33)31-30-24(32)17-18-25-29-26(20-9-5-3-6-10-20)27(35-25)21-11-7-4-8-12-21/h3-16,19H,17-18H2,1-2H3,(H,30,32)(H,31,33). The summed E-state index contributed by atoms with van der Waals surface area (Å²) in [4.78, 5) is 29.3. The third-order valence-electron chi connectivity index (χ3n) is 5.12. The Bertz CT molecular complexity index is 1210. The lowest BCUT2D eigenvalue weighted by molar-refractivity contribution is -0.121. The molecule has 178 valence electrons. The highest BCUT2D eigenvalue weighted by Gasteiger charge is 2.17. The second-order valence-corrected chi connectivity index (χ2v) is 8.21. The van der Waals surface area contributed by atoms with Crippen molar-refractivity contribution < 1.29 is 18.7 Å². The van der Waals surface area contributed by atoms with E-state index in [0.717, 1.165) is 16.8 Å². The minimum Gasteiger partial charge on any atom is -0.491 e. The van der Waals surface area contributed by atoms with Gasteiger partial charge in [-0.3, -0.25) is 20.4 Å². The first-order valence-corrected chi connectivity index (χ1v) is 11.5. The molecule has 0 saturated carbocycles. The van der Waals surface area contributed by atoms with Crippen LogP contribution in [0.1, 0.15) is 36.5 Å². The SMILES string of the molecule is CC(C)Oc1ccc(C(=O)NNC(=O)CCc2nc(-c3ccccc3)c(-c3ccccc3)o2)cc1. The maximum absolute atomic E-state index is 12.3. The molecular weight excluding hydrogens is 442 g/mol. The molecule has 0 aliphatic heterocycles. The summed E-state index contributed by atoms with van der Waals surface area (Å²) in [5, 5.41) is 0. The van der Waals surface area contributed by atoms with E-state index < -0.39 is 5.91 Å². The molecule has 1 heterocycles. The molecule has 4 rings (SSSR count). The molecule has 7 nitrogen and oxygen atoms in total. The first-order chi connectivity index (χ1) is 17.0. The van der Waals surface area contributed by atoms with E-state index in [-0.39, 0.29) is 24.9 Å². The quantitative estimate of drug-likeness (QED) is 0.347. The molecule has 0 aliphatic rings. The number of carbonyl (C=O) groups is 2. The van der Waals surface area contributed by atoms with Crippen LogP contribution in [0.25, 0.3) is 22.6 Å². The second-order valence-electron chi connectivity index (χ2n) is 8.21. The summed E-state index contributed by atoms with van der Waals surface area (Å²) in [6.07, 6.45) is 0.435. The summed E-state index contributed by atoms with van der Waals surface area (Å²) in [5.41, 5.74) is 7.86. The number of oxazole rings is 1. The topological polar surface area (TPSA) is 93.5 Å². The molecule has 7 heteroatoms. The monoisotopic (exact) mass is 469 g/mol. The molecule has 0 radical (unpaired) electrons. The fraction of sp³-hybridized carbons (Fsp3) is 0.179. The largest absolute Gasteiger partial charge is 0.491 e. The van der Waals surface area contributed by atoms with Gasteiger partial charge in [-0.1, -0.05) is 60.7 Å². The summed E-state index contributed by atoms with van der Waals surface area (Å²) >= 11 is 0. The Morgan fingerprint density at radius 3 is 2.11 bits per heavy atom. The molecule has 0 saturated heterocycles. The van der Waals surface area contributed by atoms with E-state index in [2.05, 4.69) is 15.8 Å². The molecule has 2 N–H and O–H groups in total. The lowest BCUT2D eigenvalue weighted by Gasteiger charge is -2.10. The number of aryl methyl sites for hydroxylation is 1. The number of amides is 2. The Hall–Kier alpha value is -4.39. The van der Waals surface area contributed by atoms with Crippen LogP contribution in [0.3, 0.4) is 0 Å². The van der Waals surface area contributed by atoms with E-state index in [1.165, 1.54) is 0 Å². The average Bonchev–Trinajstić information content (AvgIpc) is 3.31. The molecule has 0 aliphatic carbocycles. The highest BCUT2D eigenvalue weighted by atomic mass is 16.5. The van der Waals surface area contributed by atoms with E-state index in [1.54, 1.807) is 24.3 Å². The molecule has 0 fully saturated rings. The summed E-state index contributed by atoms with van der Waals surface area (Å²) < 4.78 is 11.6. The van der Waals surface area contributed by atoms with Gasteiger partial charge in [0, 0.05) is 29.5 Å². The Kier molecular flexibility index (Phi) is 7.57. The first kappa shape index (κ1) is 23.8. The van der Waals surface area contributed by atoms with Crippen LogP contribution in [-0.2, 0) is 11.2 Å². The van der Waals surface area contributed by atoms with Crippen molar-refractivity contribution in [1.82, 2.24) is 15.8 Å². The van der Waals surface area contributed by atoms with Crippen molar-refractivity contribution in [2.75, 3.05) is 0 Å². The Morgan fingerprint density at radius 2 is 1.49 bits per heavy atom. The van der Waals surface area contributed by atoms with Gasteiger partial charge < -0.3 is 9.15 Å². The Morgan fingerprint density at radius 1 is 0.857 bits per heavy atom. The molecule has 0 atom stereocenters. The molecule has 4 aromatic rings. The molecule has 0 unspecified atom stereocenters. The average molecular weight is 470 g/mol. The minimum absolute atomic E-state index is 0.0464. The van der Waals surface area contributed by atoms with E-state index in [1.807, 2.05) is 74.5 Å². The van der Waals surface area contributed by atoms with Crippen molar-refractivity contribution in [3.63, 3.8) is 0 Å². The minimum atomic E-state index is -0.414. The van der Waals surface area contributed by atoms with Crippen molar-refractivity contribution in [1.29, 1.82) is 0 Å². The highest BCUT2D eigenvalue weighted by Crippen LogP contribution is 2.32. The number of rotatable bonds is 8. The van der Waals surface area contributed by atoms with Crippen molar-refractivity contribution in [3.8, 4) is 28.3 Å². The highest BCUT2D eigenvalue weighted by molar-refractivity contribution is 5.95. The van der Waals surface area contributed by atoms with E-state index in [9.17, 15) is 9.59 Å². The van der Waals surface area contributed by atoms with Crippen molar-refractivity contribution >= 4 is 11.8 Å². The maximum atomic E-state index is 12.3. The molecule has 0 bridgehead atoms. The first-order valence-electron chi connectivity index (χ1n) is 11.5. The third kappa shape index (κ3) is 6.35. The number of hydrogen-bond donors (Lipinski definition) is 2. The van der Waals surface area contributed by atoms with Gasteiger partial charge in [-0.25, -0.2) is 4.98 Å². The summed E-state index contributed by atoms with van der Waals surface area (Å²) in [5.74, 6) is 1.02. The zero-order valence-electron chi connectivity index (χ0n) is 19.7. The predicted molar refractivity (Wildman–Crippen MR) is 134 cm³/mol. The molecule has 3 aromatic carbocycles.